The topological polar surface area (TPSA) is 48.9 Å². The first-order chi connectivity index (χ1) is 12.1. The monoisotopic (exact) mass is 482 g/mol. The molecule has 2 rings (SSSR count). The lowest BCUT2D eigenvalue weighted by atomic mass is 10.1. The van der Waals surface area contributed by atoms with Crippen LogP contribution in [0.25, 0.3) is 0 Å². The summed E-state index contributed by atoms with van der Waals surface area (Å²) in [5.41, 5.74) is 0.637. The molecule has 5 nitrogen and oxygen atoms in total. The van der Waals surface area contributed by atoms with Crippen molar-refractivity contribution in [3.8, 4) is 5.75 Å². The van der Waals surface area contributed by atoms with Crippen LogP contribution in [-0.2, 0) is 6.54 Å². The van der Waals surface area contributed by atoms with E-state index in [4.69, 9.17) is 0 Å². The van der Waals surface area contributed by atoms with Gasteiger partial charge in [-0.1, -0.05) is 25.1 Å². The summed E-state index contributed by atoms with van der Waals surface area (Å²) >= 11 is 0. The maximum atomic E-state index is 12.5. The number of ether oxygens (including phenoxy) is 1. The number of halogens is 3. The van der Waals surface area contributed by atoms with Gasteiger partial charge in [-0.25, -0.2) is 4.99 Å². The van der Waals surface area contributed by atoms with Crippen LogP contribution >= 0.6 is 24.0 Å². The van der Waals surface area contributed by atoms with Crippen LogP contribution in [0.2, 0.25) is 0 Å². The van der Waals surface area contributed by atoms with E-state index in [9.17, 15) is 8.78 Å². The third-order valence-corrected chi connectivity index (χ3v) is 4.32. The maximum absolute atomic E-state index is 12.5. The SMILES string of the molecule is CCNC(=NCc1ccccc1OC(F)F)NCC1CCN(CC)C1.I. The largest absolute Gasteiger partial charge is 0.434 e. The second-order valence-corrected chi connectivity index (χ2v) is 6.11. The van der Waals surface area contributed by atoms with E-state index in [-0.39, 0.29) is 36.3 Å². The summed E-state index contributed by atoms with van der Waals surface area (Å²) in [5.74, 6) is 1.48. The first-order valence-corrected chi connectivity index (χ1v) is 8.89. The average molecular weight is 482 g/mol. The van der Waals surface area contributed by atoms with E-state index in [1.54, 1.807) is 18.2 Å². The number of benzene rings is 1. The molecule has 1 saturated heterocycles. The van der Waals surface area contributed by atoms with Crippen molar-refractivity contribution in [3.05, 3.63) is 29.8 Å². The van der Waals surface area contributed by atoms with Crippen LogP contribution in [0.1, 0.15) is 25.8 Å². The van der Waals surface area contributed by atoms with Crippen LogP contribution < -0.4 is 15.4 Å². The Balaban J connectivity index is 0.00000338. The molecule has 8 heteroatoms. The molecule has 0 amide bonds. The molecule has 0 bridgehead atoms. The minimum Gasteiger partial charge on any atom is -0.434 e. The number of guanidine groups is 1. The number of nitrogens with zero attached hydrogens (tertiary/aromatic N) is 2. The summed E-state index contributed by atoms with van der Waals surface area (Å²) in [7, 11) is 0. The summed E-state index contributed by atoms with van der Waals surface area (Å²) in [5, 5.41) is 6.56. The molecule has 1 aromatic rings. The summed E-state index contributed by atoms with van der Waals surface area (Å²) in [6.45, 7) is 6.57. The fraction of sp³-hybridized carbons (Fsp3) is 0.611. The zero-order valence-electron chi connectivity index (χ0n) is 15.4. The van der Waals surface area contributed by atoms with Crippen molar-refractivity contribution >= 4 is 29.9 Å². The highest BCUT2D eigenvalue weighted by atomic mass is 127. The van der Waals surface area contributed by atoms with E-state index < -0.39 is 6.61 Å². The molecule has 2 N–H and O–H groups in total. The lowest BCUT2D eigenvalue weighted by molar-refractivity contribution is -0.0504. The second kappa shape index (κ2) is 12.3. The number of hydrogen-bond acceptors (Lipinski definition) is 3. The molecular formula is C18H29F2IN4O. The molecule has 1 heterocycles. The Bertz CT molecular complexity index is 560. The number of alkyl halides is 2. The predicted molar refractivity (Wildman–Crippen MR) is 112 cm³/mol. The van der Waals surface area contributed by atoms with Gasteiger partial charge in [0, 0.05) is 25.2 Å². The van der Waals surface area contributed by atoms with Crippen molar-refractivity contribution < 1.29 is 13.5 Å². The van der Waals surface area contributed by atoms with Gasteiger partial charge in [0.25, 0.3) is 0 Å². The molecule has 26 heavy (non-hydrogen) atoms. The van der Waals surface area contributed by atoms with E-state index in [1.165, 1.54) is 12.5 Å². The minimum absolute atomic E-state index is 0. The van der Waals surface area contributed by atoms with Crippen molar-refractivity contribution in [1.29, 1.82) is 0 Å². The van der Waals surface area contributed by atoms with Gasteiger partial charge in [-0.3, -0.25) is 0 Å². The van der Waals surface area contributed by atoms with Gasteiger partial charge in [-0.2, -0.15) is 8.78 Å². The molecule has 1 aliphatic rings. The highest BCUT2D eigenvalue weighted by Gasteiger charge is 2.21. The Labute approximate surface area is 171 Å². The van der Waals surface area contributed by atoms with Crippen LogP contribution in [0.5, 0.6) is 5.75 Å². The van der Waals surface area contributed by atoms with Crippen molar-refractivity contribution in [2.45, 2.75) is 33.4 Å². The standard InChI is InChI=1S/C18H28F2N4O.HI/c1-3-21-18(22-11-14-9-10-24(4-2)13-14)23-12-15-7-5-6-8-16(15)25-17(19)20;/h5-8,14,17H,3-4,9-13H2,1-2H3,(H2,21,22,23);1H. The van der Waals surface area contributed by atoms with Gasteiger partial charge in [0.2, 0.25) is 0 Å². The van der Waals surface area contributed by atoms with Crippen LogP contribution in [-0.4, -0.2) is 50.2 Å². The molecule has 0 spiro atoms. The first-order valence-electron chi connectivity index (χ1n) is 8.89. The summed E-state index contributed by atoms with van der Waals surface area (Å²) in [4.78, 5) is 6.95. The van der Waals surface area contributed by atoms with E-state index in [2.05, 4.69) is 32.2 Å². The van der Waals surface area contributed by atoms with E-state index in [0.29, 0.717) is 17.4 Å². The number of likely N-dealkylation sites (tertiary alicyclic amines) is 1. The maximum Gasteiger partial charge on any atom is 0.387 e. The molecule has 1 atom stereocenters. The Kier molecular flexibility index (Phi) is 10.8. The van der Waals surface area contributed by atoms with E-state index in [1.807, 2.05) is 6.92 Å². The smallest absolute Gasteiger partial charge is 0.387 e. The lowest BCUT2D eigenvalue weighted by Crippen LogP contribution is -2.40. The predicted octanol–water partition coefficient (Wildman–Crippen LogP) is 3.30. The zero-order valence-corrected chi connectivity index (χ0v) is 17.7. The molecule has 1 aromatic carbocycles. The molecule has 1 aliphatic heterocycles. The van der Waals surface area contributed by atoms with E-state index in [0.717, 1.165) is 32.7 Å². The number of para-hydroxylation sites is 1. The molecule has 0 aliphatic carbocycles. The van der Waals surface area contributed by atoms with E-state index >= 15 is 0 Å². The van der Waals surface area contributed by atoms with Gasteiger partial charge >= 0.3 is 6.61 Å². The number of aliphatic imine (C=N–C) groups is 1. The van der Waals surface area contributed by atoms with Gasteiger partial charge < -0.3 is 20.3 Å². The van der Waals surface area contributed by atoms with Crippen LogP contribution in [0.3, 0.4) is 0 Å². The fourth-order valence-electron chi connectivity index (χ4n) is 2.96. The third kappa shape index (κ3) is 7.61. The van der Waals surface area contributed by atoms with Crippen molar-refractivity contribution in [3.63, 3.8) is 0 Å². The van der Waals surface area contributed by atoms with Crippen LogP contribution in [0.4, 0.5) is 8.78 Å². The molecular weight excluding hydrogens is 453 g/mol. The van der Waals surface area contributed by atoms with Crippen LogP contribution in [0, 0.1) is 5.92 Å². The summed E-state index contributed by atoms with van der Waals surface area (Å²) < 4.78 is 29.5. The molecule has 1 fully saturated rings. The highest BCUT2D eigenvalue weighted by molar-refractivity contribution is 14.0. The molecule has 0 aromatic heterocycles. The number of nitrogens with one attached hydrogen (secondary N) is 2. The molecule has 0 saturated carbocycles. The van der Waals surface area contributed by atoms with Gasteiger partial charge in [0.15, 0.2) is 5.96 Å². The lowest BCUT2D eigenvalue weighted by Gasteiger charge is -2.16. The van der Waals surface area contributed by atoms with Crippen molar-refractivity contribution in [2.24, 2.45) is 10.9 Å². The molecule has 0 radical (unpaired) electrons. The highest BCUT2D eigenvalue weighted by Crippen LogP contribution is 2.21. The van der Waals surface area contributed by atoms with Crippen molar-refractivity contribution in [1.82, 2.24) is 15.5 Å². The zero-order chi connectivity index (χ0) is 18.1. The fourth-order valence-corrected chi connectivity index (χ4v) is 2.96. The second-order valence-electron chi connectivity index (χ2n) is 6.11. The number of hydrogen-bond donors (Lipinski definition) is 2. The first kappa shape index (κ1) is 22.9. The Morgan fingerprint density at radius 1 is 1.31 bits per heavy atom. The van der Waals surface area contributed by atoms with Gasteiger partial charge in [-0.05, 0) is 38.4 Å². The van der Waals surface area contributed by atoms with Gasteiger partial charge in [0.05, 0.1) is 6.54 Å². The molecule has 148 valence electrons. The Morgan fingerprint density at radius 3 is 2.73 bits per heavy atom. The number of rotatable bonds is 8. The summed E-state index contributed by atoms with van der Waals surface area (Å²) in [6.07, 6.45) is 1.19. The Morgan fingerprint density at radius 2 is 2.08 bits per heavy atom. The molecule has 1 unspecified atom stereocenters. The van der Waals surface area contributed by atoms with Crippen molar-refractivity contribution in [2.75, 3.05) is 32.7 Å². The van der Waals surface area contributed by atoms with Crippen LogP contribution in [0.15, 0.2) is 29.3 Å². The summed E-state index contributed by atoms with van der Waals surface area (Å²) in [6, 6.07) is 6.76. The third-order valence-electron chi connectivity index (χ3n) is 4.32. The quantitative estimate of drug-likeness (QED) is 0.339. The average Bonchev–Trinajstić information content (AvgIpc) is 3.06. The van der Waals surface area contributed by atoms with Gasteiger partial charge in [-0.15, -0.1) is 24.0 Å². The Hall–Kier alpha value is -1.16. The minimum atomic E-state index is -2.83. The normalized spacial score (nSPS) is 17.9. The van der Waals surface area contributed by atoms with Gasteiger partial charge in [0.1, 0.15) is 5.75 Å².